The summed E-state index contributed by atoms with van der Waals surface area (Å²) in [7, 11) is -1.51. The predicted molar refractivity (Wildman–Crippen MR) is 73.3 cm³/mol. The van der Waals surface area contributed by atoms with E-state index < -0.39 is 9.28 Å². The van der Waals surface area contributed by atoms with E-state index in [1.54, 1.807) is 0 Å². The predicted octanol–water partition coefficient (Wildman–Crippen LogP) is 3.42. The van der Waals surface area contributed by atoms with Crippen LogP contribution in [0, 0.1) is 0 Å². The third-order valence-electron chi connectivity index (χ3n) is 2.27. The van der Waals surface area contributed by atoms with Gasteiger partial charge in [-0.1, -0.05) is 46.3 Å². The zero-order valence-electron chi connectivity index (χ0n) is 9.86. The maximum absolute atomic E-state index is 5.66. The number of hydrogen-bond acceptors (Lipinski definition) is 2. The Morgan fingerprint density at radius 1 is 1.12 bits per heavy atom. The molecule has 1 atom stereocenters. The van der Waals surface area contributed by atoms with Crippen molar-refractivity contribution >= 4 is 25.2 Å². The number of rotatable bonds is 7. The molecule has 0 heterocycles. The molecule has 1 aromatic rings. The lowest BCUT2D eigenvalue weighted by atomic mass is 10.2. The second-order valence-electron chi connectivity index (χ2n) is 3.45. The molecule has 0 aliphatic rings. The molecule has 16 heavy (non-hydrogen) atoms. The average molecular weight is 303 g/mol. The molecule has 0 aliphatic carbocycles. The number of benzene rings is 1. The highest BCUT2D eigenvalue weighted by molar-refractivity contribution is 9.09. The summed E-state index contributed by atoms with van der Waals surface area (Å²) in [6.07, 6.45) is 0. The van der Waals surface area contributed by atoms with Crippen LogP contribution in [0.4, 0.5) is 0 Å². The van der Waals surface area contributed by atoms with Crippen LogP contribution in [-0.2, 0) is 8.85 Å². The Kier molecular flexibility index (Phi) is 6.95. The van der Waals surface area contributed by atoms with Gasteiger partial charge >= 0.3 is 9.28 Å². The first-order valence-electron chi connectivity index (χ1n) is 5.70. The largest absolute Gasteiger partial charge is 0.397 e. The van der Waals surface area contributed by atoms with Crippen LogP contribution in [0.25, 0.3) is 0 Å². The topological polar surface area (TPSA) is 18.5 Å². The molecule has 0 fully saturated rings. The third-order valence-corrected chi connectivity index (χ3v) is 6.12. The summed E-state index contributed by atoms with van der Waals surface area (Å²) in [5, 5.41) is 0. The number of halogens is 1. The van der Waals surface area contributed by atoms with E-state index in [0.29, 0.717) is 4.83 Å². The van der Waals surface area contributed by atoms with Gasteiger partial charge in [0.25, 0.3) is 0 Å². The maximum Gasteiger partial charge on any atom is 0.322 e. The molecule has 1 aromatic carbocycles. The SMILES string of the molecule is CCO[SiH](CC(Br)c1ccccc1)OCC. The molecule has 0 amide bonds. The Morgan fingerprint density at radius 2 is 1.69 bits per heavy atom. The Hall–Kier alpha value is -0.163. The van der Waals surface area contributed by atoms with E-state index in [9.17, 15) is 0 Å². The van der Waals surface area contributed by atoms with Gasteiger partial charge in [0.1, 0.15) is 0 Å². The van der Waals surface area contributed by atoms with Crippen molar-refractivity contribution < 1.29 is 8.85 Å². The molecule has 4 heteroatoms. The van der Waals surface area contributed by atoms with E-state index in [2.05, 4.69) is 40.2 Å². The van der Waals surface area contributed by atoms with E-state index in [4.69, 9.17) is 8.85 Å². The van der Waals surface area contributed by atoms with Gasteiger partial charge in [0.05, 0.1) is 0 Å². The molecule has 0 spiro atoms. The second-order valence-corrected chi connectivity index (χ2v) is 6.56. The minimum absolute atomic E-state index is 0.337. The van der Waals surface area contributed by atoms with E-state index in [1.165, 1.54) is 5.56 Å². The highest BCUT2D eigenvalue weighted by Gasteiger charge is 2.18. The van der Waals surface area contributed by atoms with Gasteiger partial charge in [-0.2, -0.15) is 0 Å². The maximum atomic E-state index is 5.66. The Labute approximate surface area is 108 Å². The van der Waals surface area contributed by atoms with Crippen molar-refractivity contribution in [3.05, 3.63) is 35.9 Å². The minimum atomic E-state index is -1.51. The summed E-state index contributed by atoms with van der Waals surface area (Å²) in [4.78, 5) is 0.337. The fourth-order valence-corrected chi connectivity index (χ4v) is 4.47. The van der Waals surface area contributed by atoms with Gasteiger partial charge in [-0.15, -0.1) is 0 Å². The lowest BCUT2D eigenvalue weighted by molar-refractivity contribution is 0.213. The first-order chi connectivity index (χ1) is 7.77. The van der Waals surface area contributed by atoms with E-state index >= 15 is 0 Å². The first kappa shape index (κ1) is 13.9. The molecule has 0 saturated carbocycles. The average Bonchev–Trinajstić information content (AvgIpc) is 2.31. The molecule has 0 saturated heterocycles. The fourth-order valence-electron chi connectivity index (χ4n) is 1.52. The molecule has 2 nitrogen and oxygen atoms in total. The van der Waals surface area contributed by atoms with Crippen molar-refractivity contribution in [2.24, 2.45) is 0 Å². The summed E-state index contributed by atoms with van der Waals surface area (Å²) < 4.78 is 11.3. The number of alkyl halides is 1. The molecule has 1 unspecified atom stereocenters. The molecule has 0 radical (unpaired) electrons. The van der Waals surface area contributed by atoms with Gasteiger partial charge < -0.3 is 8.85 Å². The van der Waals surface area contributed by atoms with Crippen molar-refractivity contribution in [2.45, 2.75) is 24.7 Å². The second kappa shape index (κ2) is 8.01. The quantitative estimate of drug-likeness (QED) is 0.567. The highest BCUT2D eigenvalue weighted by atomic mass is 79.9. The van der Waals surface area contributed by atoms with Gasteiger partial charge in [0.2, 0.25) is 0 Å². The van der Waals surface area contributed by atoms with Crippen molar-refractivity contribution in [3.8, 4) is 0 Å². The van der Waals surface area contributed by atoms with Gasteiger partial charge in [-0.3, -0.25) is 0 Å². The van der Waals surface area contributed by atoms with Crippen molar-refractivity contribution in [1.82, 2.24) is 0 Å². The smallest absolute Gasteiger partial charge is 0.322 e. The van der Waals surface area contributed by atoms with Crippen LogP contribution >= 0.6 is 15.9 Å². The monoisotopic (exact) mass is 302 g/mol. The molecule has 90 valence electrons. The van der Waals surface area contributed by atoms with Crippen molar-refractivity contribution in [1.29, 1.82) is 0 Å². The summed E-state index contributed by atoms with van der Waals surface area (Å²) in [6.45, 7) is 5.52. The molecule has 0 N–H and O–H groups in total. The zero-order valence-corrected chi connectivity index (χ0v) is 12.6. The molecule has 0 aliphatic heterocycles. The minimum Gasteiger partial charge on any atom is -0.397 e. The van der Waals surface area contributed by atoms with E-state index in [-0.39, 0.29) is 0 Å². The van der Waals surface area contributed by atoms with E-state index in [0.717, 1.165) is 19.3 Å². The first-order valence-corrected chi connectivity index (χ1v) is 8.37. The zero-order chi connectivity index (χ0) is 11.8. The molecule has 1 rings (SSSR count). The summed E-state index contributed by atoms with van der Waals surface area (Å²) in [5.74, 6) is 0. The van der Waals surface area contributed by atoms with E-state index in [1.807, 2.05) is 19.9 Å². The number of hydrogen-bond donors (Lipinski definition) is 0. The van der Waals surface area contributed by atoms with Crippen LogP contribution < -0.4 is 0 Å². The van der Waals surface area contributed by atoms with Crippen LogP contribution in [0.1, 0.15) is 24.2 Å². The van der Waals surface area contributed by atoms with Crippen LogP contribution in [0.2, 0.25) is 6.04 Å². The fraction of sp³-hybridized carbons (Fsp3) is 0.500. The van der Waals surface area contributed by atoms with Gasteiger partial charge in [-0.25, -0.2) is 0 Å². The summed E-state index contributed by atoms with van der Waals surface area (Å²) in [6, 6.07) is 11.4. The lowest BCUT2D eigenvalue weighted by Crippen LogP contribution is -2.24. The third kappa shape index (κ3) is 4.78. The molecular weight excluding hydrogens is 284 g/mol. The van der Waals surface area contributed by atoms with Crippen LogP contribution in [0.5, 0.6) is 0 Å². The van der Waals surface area contributed by atoms with Crippen molar-refractivity contribution in [3.63, 3.8) is 0 Å². The summed E-state index contributed by atoms with van der Waals surface area (Å²) in [5.41, 5.74) is 1.29. The van der Waals surface area contributed by atoms with Crippen LogP contribution in [0.15, 0.2) is 30.3 Å². The normalized spacial score (nSPS) is 13.0. The molecule has 0 bridgehead atoms. The Balaban J connectivity index is 2.50. The van der Waals surface area contributed by atoms with Gasteiger partial charge in [0.15, 0.2) is 0 Å². The summed E-state index contributed by atoms with van der Waals surface area (Å²) >= 11 is 3.70. The van der Waals surface area contributed by atoms with Gasteiger partial charge in [0, 0.05) is 24.1 Å². The van der Waals surface area contributed by atoms with Crippen LogP contribution in [0.3, 0.4) is 0 Å². The Morgan fingerprint density at radius 3 is 2.19 bits per heavy atom. The molecular formula is C12H19BrO2Si. The standard InChI is InChI=1S/C12H19BrO2Si/c1-3-14-16(15-4-2)10-12(13)11-8-6-5-7-9-11/h5-9,12,16H,3-4,10H2,1-2H3. The van der Waals surface area contributed by atoms with Crippen LogP contribution in [-0.4, -0.2) is 22.5 Å². The molecule has 0 aromatic heterocycles. The van der Waals surface area contributed by atoms with Crippen molar-refractivity contribution in [2.75, 3.05) is 13.2 Å². The Bertz CT molecular complexity index is 276. The lowest BCUT2D eigenvalue weighted by Gasteiger charge is -2.18. The highest BCUT2D eigenvalue weighted by Crippen LogP contribution is 2.28. The van der Waals surface area contributed by atoms with Gasteiger partial charge in [-0.05, 0) is 19.4 Å².